The molecule has 3 aromatic rings. The Labute approximate surface area is 161 Å². The van der Waals surface area contributed by atoms with Gasteiger partial charge in [0.25, 0.3) is 5.91 Å². The van der Waals surface area contributed by atoms with E-state index in [2.05, 4.69) is 32.6 Å². The number of fused-ring (bicyclic) bond motifs is 1. The van der Waals surface area contributed by atoms with Crippen LogP contribution in [0.3, 0.4) is 0 Å². The van der Waals surface area contributed by atoms with Gasteiger partial charge in [0, 0.05) is 36.4 Å². The van der Waals surface area contributed by atoms with Crippen molar-refractivity contribution in [3.8, 4) is 0 Å². The highest BCUT2D eigenvalue weighted by Gasteiger charge is 2.11. The van der Waals surface area contributed by atoms with E-state index in [-0.39, 0.29) is 5.91 Å². The van der Waals surface area contributed by atoms with E-state index in [9.17, 15) is 4.79 Å². The fourth-order valence-electron chi connectivity index (χ4n) is 2.52. The Morgan fingerprint density at radius 3 is 3.07 bits per heavy atom. The Kier molecular flexibility index (Phi) is 5.77. The Balaban J connectivity index is 1.64. The predicted octanol–water partition coefficient (Wildman–Crippen LogP) is 1.91. The van der Waals surface area contributed by atoms with Crippen LogP contribution in [0.2, 0.25) is 5.02 Å². The molecule has 8 nitrogen and oxygen atoms in total. The van der Waals surface area contributed by atoms with Gasteiger partial charge in [0.1, 0.15) is 0 Å². The first kappa shape index (κ1) is 18.5. The molecule has 1 amide bonds. The van der Waals surface area contributed by atoms with Gasteiger partial charge in [0.2, 0.25) is 0 Å². The highest BCUT2D eigenvalue weighted by Crippen LogP contribution is 2.15. The van der Waals surface area contributed by atoms with Gasteiger partial charge in [-0.05, 0) is 18.3 Å². The van der Waals surface area contributed by atoms with Gasteiger partial charge in [-0.15, -0.1) is 0 Å². The number of nitrogens with one attached hydrogen (secondary N) is 3. The van der Waals surface area contributed by atoms with Crippen molar-refractivity contribution in [1.29, 1.82) is 0 Å². The maximum atomic E-state index is 12.4. The number of aromatic nitrogens is 4. The Bertz CT molecular complexity index is 989. The number of rotatable bonds is 8. The second kappa shape index (κ2) is 8.41. The quantitative estimate of drug-likeness (QED) is 0.551. The summed E-state index contributed by atoms with van der Waals surface area (Å²) in [6.07, 6.45) is 10.1. The van der Waals surface area contributed by atoms with Crippen LogP contribution in [0, 0.1) is 0 Å². The minimum atomic E-state index is -0.219. The zero-order valence-electron chi connectivity index (χ0n) is 14.8. The fraction of sp³-hybridized carbons (Fsp3) is 0.167. The van der Waals surface area contributed by atoms with Crippen molar-refractivity contribution in [2.24, 2.45) is 0 Å². The van der Waals surface area contributed by atoms with Crippen LogP contribution in [0.15, 0.2) is 61.7 Å². The molecule has 3 rings (SSSR count). The van der Waals surface area contributed by atoms with Crippen molar-refractivity contribution in [3.05, 3.63) is 78.0 Å². The van der Waals surface area contributed by atoms with Gasteiger partial charge in [0.15, 0.2) is 0 Å². The molecule has 0 bridgehead atoms. The number of allylic oxidation sites excluding steroid dienone is 1. The Hall–Kier alpha value is -3.26. The molecule has 0 aliphatic carbocycles. The average Bonchev–Trinajstić information content (AvgIpc) is 3.30. The van der Waals surface area contributed by atoms with Crippen molar-refractivity contribution in [1.82, 2.24) is 35.1 Å². The van der Waals surface area contributed by atoms with Gasteiger partial charge >= 0.3 is 0 Å². The van der Waals surface area contributed by atoms with Crippen LogP contribution >= 0.6 is 11.6 Å². The third-order valence-electron chi connectivity index (χ3n) is 3.92. The van der Waals surface area contributed by atoms with E-state index in [0.717, 1.165) is 16.9 Å². The second-order valence-electron chi connectivity index (χ2n) is 5.73. The molecular weight excluding hydrogens is 366 g/mol. The van der Waals surface area contributed by atoms with E-state index < -0.39 is 0 Å². The molecule has 0 saturated heterocycles. The molecule has 0 unspecified atom stereocenters. The summed E-state index contributed by atoms with van der Waals surface area (Å²) in [6.45, 7) is 4.39. The molecular formula is C18H20ClN7O. The minimum Gasteiger partial charge on any atom is -0.389 e. The molecule has 0 spiro atoms. The molecule has 3 N–H and O–H groups in total. The number of amides is 1. The second-order valence-corrected chi connectivity index (χ2v) is 6.16. The maximum absolute atomic E-state index is 12.4. The lowest BCUT2D eigenvalue weighted by Gasteiger charge is -2.07. The van der Waals surface area contributed by atoms with Gasteiger partial charge in [0.05, 0.1) is 42.4 Å². The number of hydrogen-bond acceptors (Lipinski definition) is 5. The van der Waals surface area contributed by atoms with Gasteiger partial charge in [-0.25, -0.2) is 4.98 Å². The van der Waals surface area contributed by atoms with E-state index in [1.54, 1.807) is 35.7 Å². The summed E-state index contributed by atoms with van der Waals surface area (Å²) in [5, 5.41) is 13.7. The molecule has 0 aromatic carbocycles. The number of likely N-dealkylation sites (N-methyl/N-ethyl adjacent to an activating group) is 1. The number of hydrogen-bond donors (Lipinski definition) is 3. The van der Waals surface area contributed by atoms with E-state index in [4.69, 9.17) is 11.6 Å². The van der Waals surface area contributed by atoms with Crippen molar-refractivity contribution in [2.75, 3.05) is 7.05 Å². The molecule has 0 radical (unpaired) electrons. The van der Waals surface area contributed by atoms with Crippen molar-refractivity contribution < 1.29 is 4.79 Å². The smallest absolute Gasteiger partial charge is 0.254 e. The predicted molar refractivity (Wildman–Crippen MR) is 104 cm³/mol. The lowest BCUT2D eigenvalue weighted by Crippen LogP contribution is -2.22. The van der Waals surface area contributed by atoms with Gasteiger partial charge in [-0.1, -0.05) is 18.2 Å². The molecule has 0 atom stereocenters. The summed E-state index contributed by atoms with van der Waals surface area (Å²) in [7, 11) is 1.81. The number of carbonyl (C=O) groups is 1. The zero-order valence-corrected chi connectivity index (χ0v) is 15.6. The number of carbonyl (C=O) groups excluding carboxylic acids is 1. The van der Waals surface area contributed by atoms with Crippen LogP contribution < -0.4 is 16.0 Å². The van der Waals surface area contributed by atoms with Gasteiger partial charge in [-0.2, -0.15) is 5.10 Å². The summed E-state index contributed by atoms with van der Waals surface area (Å²) in [5.74, 6) is -0.219. The minimum absolute atomic E-state index is 0.219. The molecule has 0 aliphatic rings. The van der Waals surface area contributed by atoms with Gasteiger partial charge in [-0.3, -0.25) is 9.48 Å². The Morgan fingerprint density at radius 2 is 2.30 bits per heavy atom. The number of pyridine rings is 1. The van der Waals surface area contributed by atoms with Crippen molar-refractivity contribution in [3.63, 3.8) is 0 Å². The molecule has 3 heterocycles. The monoisotopic (exact) mass is 385 g/mol. The van der Waals surface area contributed by atoms with Crippen LogP contribution in [-0.4, -0.2) is 32.1 Å². The van der Waals surface area contributed by atoms with Crippen LogP contribution in [0.1, 0.15) is 16.1 Å². The third-order valence-corrected chi connectivity index (χ3v) is 4.16. The normalized spacial score (nSPS) is 11.4. The molecule has 9 heteroatoms. The lowest BCUT2D eigenvalue weighted by molar-refractivity contribution is 0.0950. The highest BCUT2D eigenvalue weighted by atomic mass is 35.5. The summed E-state index contributed by atoms with van der Waals surface area (Å²) < 4.78 is 3.53. The van der Waals surface area contributed by atoms with Crippen molar-refractivity contribution in [2.45, 2.75) is 13.1 Å². The van der Waals surface area contributed by atoms with E-state index in [1.165, 1.54) is 6.20 Å². The summed E-state index contributed by atoms with van der Waals surface area (Å²) in [4.78, 5) is 16.7. The standard InChI is InChI=1S/C18H20ClN7O/c1-3-21-8-15(20-2)11-26-10-13(7-24-26)18(27)22-9-16-17-6-14(19)4-5-25(17)12-23-16/h3-8,10,12,20-21H,1,9,11H2,2H3,(H,22,27)/b15-8-. The fourth-order valence-corrected chi connectivity index (χ4v) is 2.68. The van der Waals surface area contributed by atoms with Gasteiger partial charge < -0.3 is 20.4 Å². The molecule has 0 fully saturated rings. The van der Waals surface area contributed by atoms with E-state index in [1.807, 2.05) is 23.7 Å². The van der Waals surface area contributed by atoms with Crippen LogP contribution in [0.5, 0.6) is 0 Å². The van der Waals surface area contributed by atoms with Crippen LogP contribution in [-0.2, 0) is 13.1 Å². The molecule has 140 valence electrons. The number of halogens is 1. The van der Waals surface area contributed by atoms with Crippen molar-refractivity contribution >= 4 is 23.0 Å². The Morgan fingerprint density at radius 1 is 1.44 bits per heavy atom. The topological polar surface area (TPSA) is 88.3 Å². The van der Waals surface area contributed by atoms with Crippen LogP contribution in [0.25, 0.3) is 5.52 Å². The average molecular weight is 386 g/mol. The molecule has 3 aromatic heterocycles. The number of nitrogens with zero attached hydrogens (tertiary/aromatic N) is 4. The first-order valence-corrected chi connectivity index (χ1v) is 8.64. The summed E-state index contributed by atoms with van der Waals surface area (Å²) >= 11 is 6.04. The third kappa shape index (κ3) is 4.48. The first-order valence-electron chi connectivity index (χ1n) is 8.26. The largest absolute Gasteiger partial charge is 0.389 e. The lowest BCUT2D eigenvalue weighted by atomic mass is 10.3. The molecule has 27 heavy (non-hydrogen) atoms. The molecule has 0 saturated carbocycles. The summed E-state index contributed by atoms with van der Waals surface area (Å²) in [5.41, 5.74) is 2.97. The zero-order chi connectivity index (χ0) is 19.2. The molecule has 0 aliphatic heterocycles. The highest BCUT2D eigenvalue weighted by molar-refractivity contribution is 6.30. The number of imidazole rings is 1. The maximum Gasteiger partial charge on any atom is 0.254 e. The van der Waals surface area contributed by atoms with E-state index >= 15 is 0 Å². The first-order chi connectivity index (χ1) is 13.1. The SMILES string of the molecule is C=CN/C=C(/Cn1cc(C(=O)NCc2ncn3ccc(Cl)cc23)cn1)NC. The van der Waals surface area contributed by atoms with E-state index in [0.29, 0.717) is 23.7 Å². The summed E-state index contributed by atoms with van der Waals surface area (Å²) in [6, 6.07) is 3.60. The van der Waals surface area contributed by atoms with Crippen LogP contribution in [0.4, 0.5) is 0 Å².